The first-order valence-electron chi connectivity index (χ1n) is 12.6. The molecule has 1 unspecified atom stereocenters. The molecule has 1 aliphatic heterocycles. The molecule has 1 saturated heterocycles. The number of rotatable bonds is 7. The number of ether oxygens (including phenoxy) is 2. The van der Waals surface area contributed by atoms with Gasteiger partial charge in [-0.15, -0.1) is 0 Å². The van der Waals surface area contributed by atoms with Crippen LogP contribution < -0.4 is 4.74 Å². The first-order valence-corrected chi connectivity index (χ1v) is 12.6. The van der Waals surface area contributed by atoms with Gasteiger partial charge < -0.3 is 19.5 Å². The van der Waals surface area contributed by atoms with E-state index in [0.717, 1.165) is 36.6 Å². The summed E-state index contributed by atoms with van der Waals surface area (Å²) < 4.78 is 11.0. The monoisotopic (exact) mass is 442 g/mol. The van der Waals surface area contributed by atoms with Gasteiger partial charge in [0.1, 0.15) is 18.5 Å². The van der Waals surface area contributed by atoms with E-state index in [9.17, 15) is 9.90 Å². The highest BCUT2D eigenvalue weighted by molar-refractivity contribution is 5.67. The molecule has 1 N–H and O–H groups in total. The molecule has 0 radical (unpaired) electrons. The van der Waals surface area contributed by atoms with Crippen molar-refractivity contribution >= 4 is 6.09 Å². The van der Waals surface area contributed by atoms with Crippen molar-refractivity contribution in [3.63, 3.8) is 0 Å². The molecule has 176 valence electrons. The summed E-state index contributed by atoms with van der Waals surface area (Å²) in [7, 11) is 0. The van der Waals surface area contributed by atoms with E-state index in [0.29, 0.717) is 31.7 Å². The third-order valence-corrected chi connectivity index (χ3v) is 8.31. The van der Waals surface area contributed by atoms with Gasteiger partial charge in [0.25, 0.3) is 0 Å². The van der Waals surface area contributed by atoms with E-state index in [4.69, 9.17) is 9.47 Å². The van der Waals surface area contributed by atoms with Crippen LogP contribution in [-0.4, -0.2) is 73.0 Å². The molecular weight excluding hydrogens is 404 g/mol. The second-order valence-electron chi connectivity index (χ2n) is 10.7. The van der Waals surface area contributed by atoms with E-state index in [1.165, 1.54) is 44.1 Å². The normalized spacial score (nSPS) is 32.7. The maximum atomic E-state index is 11.8. The van der Waals surface area contributed by atoms with Gasteiger partial charge >= 0.3 is 6.09 Å². The molecular formula is C26H38N2O4. The second kappa shape index (κ2) is 9.22. The molecule has 6 heteroatoms. The fourth-order valence-corrected chi connectivity index (χ4v) is 7.24. The molecule has 4 aliphatic carbocycles. The zero-order valence-corrected chi connectivity index (χ0v) is 19.4. The summed E-state index contributed by atoms with van der Waals surface area (Å²) >= 11 is 0. The minimum absolute atomic E-state index is 0.243. The van der Waals surface area contributed by atoms with Gasteiger partial charge in [0.05, 0.1) is 6.61 Å². The van der Waals surface area contributed by atoms with E-state index in [1.54, 1.807) is 4.90 Å². The highest BCUT2D eigenvalue weighted by Crippen LogP contribution is 2.60. The summed E-state index contributed by atoms with van der Waals surface area (Å²) in [6.07, 6.45) is 7.74. The minimum Gasteiger partial charge on any atom is -0.491 e. The number of β-amino-alcohol motifs (C(OH)–C–C–N with tert-alkyl or cyclic N) is 1. The third kappa shape index (κ3) is 4.62. The molecule has 32 heavy (non-hydrogen) atoms. The fraction of sp³-hybridized carbons (Fsp3) is 0.731. The molecule has 0 spiro atoms. The maximum Gasteiger partial charge on any atom is 0.409 e. The van der Waals surface area contributed by atoms with E-state index >= 15 is 0 Å². The summed E-state index contributed by atoms with van der Waals surface area (Å²) in [4.78, 5) is 15.7. The number of hydrogen-bond donors (Lipinski definition) is 1. The predicted molar refractivity (Wildman–Crippen MR) is 123 cm³/mol. The molecule has 1 aromatic rings. The number of carbonyl (C=O) groups excluding carboxylic acids is 1. The SMILES string of the molecule is CCOC(=O)N1CCN(CC(O)COc2ccc(C34CC5CC(CC(C5)C3)C4)cc2)CC1. The average molecular weight is 443 g/mol. The number of benzene rings is 1. The molecule has 6 rings (SSSR count). The number of amides is 1. The van der Waals surface area contributed by atoms with Crippen LogP contribution in [-0.2, 0) is 10.2 Å². The highest BCUT2D eigenvalue weighted by atomic mass is 16.6. The topological polar surface area (TPSA) is 62.2 Å². The van der Waals surface area contributed by atoms with Crippen molar-refractivity contribution in [2.24, 2.45) is 17.8 Å². The number of aliphatic hydroxyl groups excluding tert-OH is 1. The first kappa shape index (κ1) is 22.0. The van der Waals surface area contributed by atoms with Crippen LogP contribution in [0.1, 0.15) is 51.0 Å². The van der Waals surface area contributed by atoms with Gasteiger partial charge in [-0.25, -0.2) is 4.79 Å². The largest absolute Gasteiger partial charge is 0.491 e. The Balaban J connectivity index is 1.08. The third-order valence-electron chi connectivity index (χ3n) is 8.31. The van der Waals surface area contributed by atoms with Crippen LogP contribution in [0.4, 0.5) is 4.79 Å². The Labute approximate surface area is 191 Å². The molecule has 1 aromatic carbocycles. The molecule has 4 bridgehead atoms. The Morgan fingerprint density at radius 2 is 1.62 bits per heavy atom. The van der Waals surface area contributed by atoms with Crippen molar-refractivity contribution in [1.82, 2.24) is 9.80 Å². The van der Waals surface area contributed by atoms with Crippen LogP contribution in [0.2, 0.25) is 0 Å². The molecule has 1 amide bonds. The molecule has 5 aliphatic rings. The molecule has 4 saturated carbocycles. The summed E-state index contributed by atoms with van der Waals surface area (Å²) in [6, 6.07) is 8.75. The number of hydrogen-bond acceptors (Lipinski definition) is 5. The number of carbonyl (C=O) groups is 1. The van der Waals surface area contributed by atoms with Gasteiger partial charge in [0.2, 0.25) is 0 Å². The van der Waals surface area contributed by atoms with E-state index in [-0.39, 0.29) is 12.7 Å². The van der Waals surface area contributed by atoms with Gasteiger partial charge in [0.15, 0.2) is 0 Å². The van der Waals surface area contributed by atoms with Crippen molar-refractivity contribution in [3.05, 3.63) is 29.8 Å². The van der Waals surface area contributed by atoms with Crippen molar-refractivity contribution in [2.75, 3.05) is 45.9 Å². The number of nitrogens with zero attached hydrogens (tertiary/aromatic N) is 2. The van der Waals surface area contributed by atoms with Crippen LogP contribution in [0.3, 0.4) is 0 Å². The predicted octanol–water partition coefficient (Wildman–Crippen LogP) is 3.67. The first-order chi connectivity index (χ1) is 15.5. The Kier molecular flexibility index (Phi) is 6.35. The summed E-state index contributed by atoms with van der Waals surface area (Å²) in [5.41, 5.74) is 1.92. The van der Waals surface area contributed by atoms with Gasteiger partial charge in [-0.1, -0.05) is 12.1 Å². The number of piperazine rings is 1. The zero-order valence-electron chi connectivity index (χ0n) is 19.4. The van der Waals surface area contributed by atoms with Crippen LogP contribution in [0.25, 0.3) is 0 Å². The van der Waals surface area contributed by atoms with Crippen LogP contribution in [0.15, 0.2) is 24.3 Å². The molecule has 1 atom stereocenters. The lowest BCUT2D eigenvalue weighted by atomic mass is 9.48. The molecule has 5 fully saturated rings. The summed E-state index contributed by atoms with van der Waals surface area (Å²) in [5.74, 6) is 3.69. The Bertz CT molecular complexity index is 752. The fourth-order valence-electron chi connectivity index (χ4n) is 7.24. The molecule has 6 nitrogen and oxygen atoms in total. The summed E-state index contributed by atoms with van der Waals surface area (Å²) in [6.45, 7) is 5.83. The van der Waals surface area contributed by atoms with Gasteiger partial charge in [-0.2, -0.15) is 0 Å². The van der Waals surface area contributed by atoms with E-state index < -0.39 is 6.10 Å². The Hall–Kier alpha value is -1.79. The average Bonchev–Trinajstić information content (AvgIpc) is 2.78. The Morgan fingerprint density at radius 3 is 2.19 bits per heavy atom. The lowest BCUT2D eigenvalue weighted by Crippen LogP contribution is -2.51. The van der Waals surface area contributed by atoms with Crippen LogP contribution in [0, 0.1) is 17.8 Å². The minimum atomic E-state index is -0.549. The van der Waals surface area contributed by atoms with E-state index in [2.05, 4.69) is 29.2 Å². The standard InChI is InChI=1S/C26H38N2O4/c1-2-31-25(30)28-9-7-27(8-10-28)17-23(29)18-32-24-5-3-22(4-6-24)26-14-19-11-20(15-26)13-21(12-19)16-26/h3-6,19-21,23,29H,2,7-18H2,1H3. The van der Waals surface area contributed by atoms with Gasteiger partial charge in [-0.05, 0) is 86.3 Å². The van der Waals surface area contributed by atoms with Crippen molar-refractivity contribution in [3.8, 4) is 5.75 Å². The lowest BCUT2D eigenvalue weighted by Gasteiger charge is -2.57. The Morgan fingerprint density at radius 1 is 1.03 bits per heavy atom. The van der Waals surface area contributed by atoms with Gasteiger partial charge in [-0.3, -0.25) is 4.90 Å². The zero-order chi connectivity index (χ0) is 22.1. The van der Waals surface area contributed by atoms with Crippen molar-refractivity contribution in [2.45, 2.75) is 57.0 Å². The second-order valence-corrected chi connectivity index (χ2v) is 10.7. The quantitative estimate of drug-likeness (QED) is 0.698. The van der Waals surface area contributed by atoms with Gasteiger partial charge in [0, 0.05) is 32.7 Å². The van der Waals surface area contributed by atoms with Crippen LogP contribution in [0.5, 0.6) is 5.75 Å². The molecule has 1 heterocycles. The smallest absolute Gasteiger partial charge is 0.409 e. The van der Waals surface area contributed by atoms with Crippen molar-refractivity contribution in [1.29, 1.82) is 0 Å². The highest BCUT2D eigenvalue weighted by Gasteiger charge is 2.51. The van der Waals surface area contributed by atoms with Crippen molar-refractivity contribution < 1.29 is 19.4 Å². The lowest BCUT2D eigenvalue weighted by molar-refractivity contribution is -0.00523. The molecule has 0 aromatic heterocycles. The van der Waals surface area contributed by atoms with Crippen LogP contribution >= 0.6 is 0 Å². The van der Waals surface area contributed by atoms with E-state index in [1.807, 2.05) is 6.92 Å². The number of aliphatic hydroxyl groups is 1. The maximum absolute atomic E-state index is 11.8. The summed E-state index contributed by atoms with van der Waals surface area (Å²) in [5, 5.41) is 10.5.